The van der Waals surface area contributed by atoms with E-state index < -0.39 is 57.8 Å². The van der Waals surface area contributed by atoms with Crippen molar-refractivity contribution in [2.45, 2.75) is 213 Å². The molecule has 70 heavy (non-hydrogen) atoms. The number of phosphoric ester groups is 1. The Kier molecular flexibility index (Phi) is 48.7. The van der Waals surface area contributed by atoms with Gasteiger partial charge in [0, 0.05) is 19.3 Å². The third-order valence-corrected chi connectivity index (χ3v) is 11.6. The van der Waals surface area contributed by atoms with Gasteiger partial charge in [-0.05, 0) is 109 Å². The molecule has 11 nitrogen and oxygen atoms in total. The Morgan fingerprint density at radius 1 is 0.414 bits per heavy atom. The van der Waals surface area contributed by atoms with Crippen molar-refractivity contribution in [1.29, 1.82) is 0 Å². The lowest BCUT2D eigenvalue weighted by Gasteiger charge is -2.21. The van der Waals surface area contributed by atoms with Crippen LogP contribution in [0.25, 0.3) is 0 Å². The molecule has 0 rings (SSSR count). The number of allylic oxidation sites excluding steroid dienone is 18. The fourth-order valence-corrected chi connectivity index (χ4v) is 7.40. The molecule has 0 aliphatic rings. The molecule has 0 aromatic heterocycles. The molecule has 2 N–H and O–H groups in total. The molecule has 0 saturated heterocycles. The van der Waals surface area contributed by atoms with E-state index in [1.165, 1.54) is 12.8 Å². The fourth-order valence-electron chi connectivity index (χ4n) is 6.62. The van der Waals surface area contributed by atoms with Gasteiger partial charge >= 0.3 is 25.7 Å². The molecule has 0 aliphatic carbocycles. The number of rotatable bonds is 48. The highest BCUT2D eigenvalue weighted by Gasteiger charge is 2.28. The van der Waals surface area contributed by atoms with Gasteiger partial charge in [0.2, 0.25) is 0 Å². The summed E-state index contributed by atoms with van der Waals surface area (Å²) >= 11 is 0. The second-order valence-corrected chi connectivity index (χ2v) is 18.7. The van der Waals surface area contributed by atoms with E-state index in [1.807, 2.05) is 12.2 Å². The van der Waals surface area contributed by atoms with Crippen molar-refractivity contribution < 1.29 is 52.2 Å². The lowest BCUT2D eigenvalue weighted by molar-refractivity contribution is -0.161. The van der Waals surface area contributed by atoms with Crippen LogP contribution in [0, 0.1) is 0 Å². The molecule has 0 amide bonds. The average molecular weight is 999 g/mol. The van der Waals surface area contributed by atoms with E-state index in [2.05, 4.69) is 118 Å². The number of hydrogen-bond donors (Lipinski definition) is 2. The molecule has 0 fully saturated rings. The van der Waals surface area contributed by atoms with Gasteiger partial charge in [0.1, 0.15) is 12.7 Å². The number of carbonyl (C=O) groups is 3. The molecule has 0 spiro atoms. The predicted octanol–water partition coefficient (Wildman–Crippen LogP) is 15.5. The molecule has 0 bridgehead atoms. The van der Waals surface area contributed by atoms with Crippen molar-refractivity contribution >= 4 is 25.7 Å². The van der Waals surface area contributed by atoms with Crippen molar-refractivity contribution in [3.05, 3.63) is 109 Å². The maximum absolute atomic E-state index is 12.9. The van der Waals surface area contributed by atoms with Crippen LogP contribution in [0.5, 0.6) is 0 Å². The number of hydrogen-bond acceptors (Lipinski definition) is 10. The van der Waals surface area contributed by atoms with Gasteiger partial charge in [-0.3, -0.25) is 23.4 Å². The van der Waals surface area contributed by atoms with Crippen molar-refractivity contribution in [3.63, 3.8) is 0 Å². The summed E-state index contributed by atoms with van der Waals surface area (Å²) < 4.78 is 39.3. The number of esters is 3. The number of unbranched alkanes of at least 4 members (excludes halogenated alkanes) is 13. The van der Waals surface area contributed by atoms with Crippen LogP contribution in [0.4, 0.5) is 0 Å². The molecule has 0 aromatic rings. The Balaban J connectivity index is 4.89. The Morgan fingerprint density at radius 2 is 0.757 bits per heavy atom. The lowest BCUT2D eigenvalue weighted by atomic mass is 10.1. The summed E-state index contributed by atoms with van der Waals surface area (Å²) in [5.74, 6) is -1.58. The summed E-state index contributed by atoms with van der Waals surface area (Å²) in [7, 11) is -4.77. The minimum atomic E-state index is -4.77. The van der Waals surface area contributed by atoms with E-state index in [1.54, 1.807) is 0 Å². The molecule has 3 unspecified atom stereocenters. The van der Waals surface area contributed by atoms with Crippen LogP contribution >= 0.6 is 7.82 Å². The summed E-state index contributed by atoms with van der Waals surface area (Å²) in [6.45, 7) is 4.25. The minimum Gasteiger partial charge on any atom is -0.462 e. The summed E-state index contributed by atoms with van der Waals surface area (Å²) in [5, 5.41) is 9.77. The Morgan fingerprint density at radius 3 is 1.21 bits per heavy atom. The minimum absolute atomic E-state index is 0.0795. The second kappa shape index (κ2) is 51.5. The largest absolute Gasteiger partial charge is 0.472 e. The van der Waals surface area contributed by atoms with Crippen LogP contribution in [0.15, 0.2) is 109 Å². The van der Waals surface area contributed by atoms with Gasteiger partial charge in [0.15, 0.2) is 6.10 Å². The van der Waals surface area contributed by atoms with Gasteiger partial charge in [0.05, 0.1) is 19.8 Å². The predicted molar refractivity (Wildman–Crippen MR) is 288 cm³/mol. The number of carbonyl (C=O) groups excluding carboxylic acids is 3. The monoisotopic (exact) mass is 999 g/mol. The average Bonchev–Trinajstić information content (AvgIpc) is 3.35. The highest BCUT2D eigenvalue weighted by molar-refractivity contribution is 7.47. The Bertz CT molecular complexity index is 1590. The number of aliphatic hydroxyl groups excluding tert-OH is 1. The van der Waals surface area contributed by atoms with Crippen LogP contribution in [0.2, 0.25) is 0 Å². The van der Waals surface area contributed by atoms with Crippen LogP contribution in [-0.2, 0) is 42.2 Å². The highest BCUT2D eigenvalue weighted by Crippen LogP contribution is 2.43. The van der Waals surface area contributed by atoms with Gasteiger partial charge in [0.25, 0.3) is 0 Å². The van der Waals surface area contributed by atoms with Gasteiger partial charge < -0.3 is 24.2 Å². The molecule has 12 heteroatoms. The molecule has 0 radical (unpaired) electrons. The summed E-state index contributed by atoms with van der Waals surface area (Å²) in [4.78, 5) is 48.3. The standard InChI is InChI=1S/C58H95O11P/c1-4-7-10-13-16-19-22-24-26-27-29-31-34-37-40-43-46-49-58(62)69-55(51-65-56(60)47-44-41-38-35-33-30-28-25-23-20-17-14-11-8-5-2)53-67-70(63,64)66-52-54(50-59)68-57(61)48-45-42-39-36-32-21-18-15-12-9-6-3/h7-8,10-11,15-20,24-26,28-29,31,37,40,54-55,59H,4-6,9,12-14,21-23,27,30,32-36,38-39,41-53H2,1-3H3,(H,63,64)/b10-7-,11-8-,18-15-,19-16-,20-17-,26-24-,28-25-,31-29-,40-37-. The first-order chi connectivity index (χ1) is 34.2. The number of phosphoric acid groups is 1. The van der Waals surface area contributed by atoms with Gasteiger partial charge in [-0.25, -0.2) is 4.57 Å². The van der Waals surface area contributed by atoms with E-state index in [-0.39, 0.29) is 25.9 Å². The van der Waals surface area contributed by atoms with Gasteiger partial charge in [-0.1, -0.05) is 182 Å². The zero-order valence-electron chi connectivity index (χ0n) is 43.7. The van der Waals surface area contributed by atoms with Gasteiger partial charge in [-0.15, -0.1) is 0 Å². The first-order valence-corrected chi connectivity index (χ1v) is 28.3. The van der Waals surface area contributed by atoms with E-state index in [4.69, 9.17) is 23.3 Å². The molecule has 0 aliphatic heterocycles. The molecule has 398 valence electrons. The summed E-state index contributed by atoms with van der Waals surface area (Å²) in [5.41, 5.74) is 0. The fraction of sp³-hybridized carbons (Fsp3) is 0.638. The first-order valence-electron chi connectivity index (χ1n) is 26.8. The van der Waals surface area contributed by atoms with Crippen LogP contribution in [0.3, 0.4) is 0 Å². The molecule has 3 atom stereocenters. The topological polar surface area (TPSA) is 155 Å². The van der Waals surface area contributed by atoms with E-state index in [9.17, 15) is 28.9 Å². The highest BCUT2D eigenvalue weighted by atomic mass is 31.2. The number of ether oxygens (including phenoxy) is 3. The third kappa shape index (κ3) is 49.1. The SMILES string of the molecule is CC/C=C\C/C=C\C/C=C\C/C=C\C/C=C\CCCC(=O)OC(COC(=O)CCCCCCC/C=C\C/C=C\C/C=C\CC)COP(=O)(O)OCC(CO)OC(=O)CCCCCCC/C=C\CCCC. The third-order valence-electron chi connectivity index (χ3n) is 10.7. The van der Waals surface area contributed by atoms with Crippen LogP contribution < -0.4 is 0 Å². The number of aliphatic hydroxyl groups is 1. The lowest BCUT2D eigenvalue weighted by Crippen LogP contribution is -2.30. The molecular formula is C58H95O11P. The van der Waals surface area contributed by atoms with Crippen LogP contribution in [0.1, 0.15) is 201 Å². The zero-order chi connectivity index (χ0) is 51.3. The van der Waals surface area contributed by atoms with Crippen molar-refractivity contribution in [2.75, 3.05) is 26.4 Å². The maximum Gasteiger partial charge on any atom is 0.472 e. The van der Waals surface area contributed by atoms with Gasteiger partial charge in [-0.2, -0.15) is 0 Å². The van der Waals surface area contributed by atoms with Crippen molar-refractivity contribution in [3.8, 4) is 0 Å². The van der Waals surface area contributed by atoms with Crippen LogP contribution in [-0.4, -0.2) is 66.5 Å². The first kappa shape index (κ1) is 66.1. The zero-order valence-corrected chi connectivity index (χ0v) is 44.6. The Hall–Kier alpha value is -3.86. The normalized spacial score (nSPS) is 14.3. The van der Waals surface area contributed by atoms with E-state index in [0.717, 1.165) is 122 Å². The summed E-state index contributed by atoms with van der Waals surface area (Å²) in [6.07, 6.45) is 60.6. The smallest absolute Gasteiger partial charge is 0.462 e. The molecule has 0 saturated carbocycles. The van der Waals surface area contributed by atoms with Crippen molar-refractivity contribution in [2.24, 2.45) is 0 Å². The van der Waals surface area contributed by atoms with E-state index in [0.29, 0.717) is 25.7 Å². The summed E-state index contributed by atoms with van der Waals surface area (Å²) in [6, 6.07) is 0. The Labute approximate surface area is 425 Å². The molecule has 0 heterocycles. The second-order valence-electron chi connectivity index (χ2n) is 17.3. The molecule has 0 aromatic carbocycles. The maximum atomic E-state index is 12.9. The van der Waals surface area contributed by atoms with E-state index >= 15 is 0 Å². The quantitative estimate of drug-likeness (QED) is 0.0197. The molecular weight excluding hydrogens is 904 g/mol. The van der Waals surface area contributed by atoms with Crippen molar-refractivity contribution in [1.82, 2.24) is 0 Å².